The van der Waals surface area contributed by atoms with Crippen LogP contribution in [0.3, 0.4) is 0 Å². The molecule has 0 unspecified atom stereocenters. The van der Waals surface area contributed by atoms with Crippen LogP contribution in [0.1, 0.15) is 17.4 Å². The number of pyridine rings is 1. The van der Waals surface area contributed by atoms with Gasteiger partial charge in [-0.05, 0) is 36.4 Å². The quantitative estimate of drug-likeness (QED) is 0.532. The van der Waals surface area contributed by atoms with Gasteiger partial charge >= 0.3 is 5.97 Å². The molecular formula is C14H10Cl2N2O3. The molecule has 2 rings (SSSR count). The van der Waals surface area contributed by atoms with Crippen LogP contribution in [0.25, 0.3) is 0 Å². The Morgan fingerprint density at radius 1 is 1.10 bits per heavy atom. The van der Waals surface area contributed by atoms with Crippen LogP contribution in [-0.4, -0.2) is 16.9 Å². The molecule has 0 aliphatic rings. The summed E-state index contributed by atoms with van der Waals surface area (Å²) in [5.74, 6) is -0.601. The summed E-state index contributed by atoms with van der Waals surface area (Å²) in [5, 5.41) is 2.90. The third kappa shape index (κ3) is 4.18. The number of nitrogens with zero attached hydrogens (tertiary/aromatic N) is 1. The highest BCUT2D eigenvalue weighted by atomic mass is 35.5. The number of benzene rings is 1. The lowest BCUT2D eigenvalue weighted by Gasteiger charge is -2.07. The second kappa shape index (κ2) is 6.56. The van der Waals surface area contributed by atoms with E-state index in [1.165, 1.54) is 19.1 Å². The van der Waals surface area contributed by atoms with Crippen molar-refractivity contribution in [1.82, 2.24) is 4.98 Å². The number of esters is 1. The molecule has 0 bridgehead atoms. The molecule has 1 amide bonds. The Kier molecular flexibility index (Phi) is 4.77. The average Bonchev–Trinajstić information content (AvgIpc) is 2.43. The zero-order valence-corrected chi connectivity index (χ0v) is 12.4. The van der Waals surface area contributed by atoms with Crippen molar-refractivity contribution in [3.05, 3.63) is 52.3 Å². The average molecular weight is 325 g/mol. The van der Waals surface area contributed by atoms with Crippen molar-refractivity contribution in [2.75, 3.05) is 5.32 Å². The van der Waals surface area contributed by atoms with E-state index in [4.69, 9.17) is 27.9 Å². The first-order chi connectivity index (χ1) is 9.95. The Hall–Kier alpha value is -2.11. The highest BCUT2D eigenvalue weighted by Crippen LogP contribution is 2.21. The van der Waals surface area contributed by atoms with Crippen LogP contribution in [0.5, 0.6) is 5.75 Å². The van der Waals surface area contributed by atoms with Crippen molar-refractivity contribution < 1.29 is 14.3 Å². The summed E-state index contributed by atoms with van der Waals surface area (Å²) in [6, 6.07) is 9.24. The van der Waals surface area contributed by atoms with Crippen LogP contribution >= 0.6 is 23.2 Å². The lowest BCUT2D eigenvalue weighted by molar-refractivity contribution is -0.114. The van der Waals surface area contributed by atoms with E-state index in [2.05, 4.69) is 10.3 Å². The first-order valence-corrected chi connectivity index (χ1v) is 6.63. The maximum absolute atomic E-state index is 12.0. The van der Waals surface area contributed by atoms with Crippen molar-refractivity contribution in [3.8, 4) is 5.75 Å². The highest BCUT2D eigenvalue weighted by molar-refractivity contribution is 6.34. The number of anilines is 1. The molecule has 1 aromatic heterocycles. The molecular weight excluding hydrogens is 315 g/mol. The smallest absolute Gasteiger partial charge is 0.363 e. The van der Waals surface area contributed by atoms with E-state index in [0.717, 1.165) is 0 Å². The second-order valence-electron chi connectivity index (χ2n) is 4.06. The van der Waals surface area contributed by atoms with Gasteiger partial charge in [-0.1, -0.05) is 23.2 Å². The summed E-state index contributed by atoms with van der Waals surface area (Å²) in [4.78, 5) is 26.7. The SMILES string of the molecule is CC(=O)Nc1ccc(OC(=O)c2nc(Cl)ccc2Cl)cc1. The molecule has 1 aromatic carbocycles. The highest BCUT2D eigenvalue weighted by Gasteiger charge is 2.15. The van der Waals surface area contributed by atoms with Crippen LogP contribution in [0, 0.1) is 0 Å². The van der Waals surface area contributed by atoms with Gasteiger partial charge in [-0.15, -0.1) is 0 Å². The summed E-state index contributed by atoms with van der Waals surface area (Å²) in [5.41, 5.74) is 0.538. The summed E-state index contributed by atoms with van der Waals surface area (Å²) in [7, 11) is 0. The number of carbonyl (C=O) groups is 2. The minimum Gasteiger partial charge on any atom is -0.422 e. The Labute approximate surface area is 130 Å². The molecule has 0 aliphatic heterocycles. The zero-order chi connectivity index (χ0) is 15.4. The van der Waals surface area contributed by atoms with Crippen molar-refractivity contribution >= 4 is 40.8 Å². The molecule has 0 saturated carbocycles. The summed E-state index contributed by atoms with van der Waals surface area (Å²) >= 11 is 11.6. The molecule has 0 radical (unpaired) electrons. The van der Waals surface area contributed by atoms with E-state index in [9.17, 15) is 9.59 Å². The predicted octanol–water partition coefficient (Wildman–Crippen LogP) is 3.57. The van der Waals surface area contributed by atoms with Crippen molar-refractivity contribution in [1.29, 1.82) is 0 Å². The molecule has 108 valence electrons. The fraction of sp³-hybridized carbons (Fsp3) is 0.0714. The molecule has 1 N–H and O–H groups in total. The van der Waals surface area contributed by atoms with Gasteiger partial charge in [0.25, 0.3) is 0 Å². The number of halogens is 2. The summed E-state index contributed by atoms with van der Waals surface area (Å²) in [6.45, 7) is 1.40. The van der Waals surface area contributed by atoms with Crippen LogP contribution in [0.15, 0.2) is 36.4 Å². The number of amides is 1. The van der Waals surface area contributed by atoms with Gasteiger partial charge in [0.2, 0.25) is 5.91 Å². The molecule has 5 nitrogen and oxygen atoms in total. The van der Waals surface area contributed by atoms with E-state index in [1.807, 2.05) is 0 Å². The van der Waals surface area contributed by atoms with Gasteiger partial charge in [0, 0.05) is 12.6 Å². The van der Waals surface area contributed by atoms with Gasteiger partial charge in [0.15, 0.2) is 5.69 Å². The van der Waals surface area contributed by atoms with Crippen LogP contribution < -0.4 is 10.1 Å². The van der Waals surface area contributed by atoms with Gasteiger partial charge in [0.1, 0.15) is 10.9 Å². The minimum atomic E-state index is -0.713. The van der Waals surface area contributed by atoms with Crippen LogP contribution in [-0.2, 0) is 4.79 Å². The fourth-order valence-electron chi connectivity index (χ4n) is 1.53. The number of aromatic nitrogens is 1. The lowest BCUT2D eigenvalue weighted by Crippen LogP contribution is -2.11. The number of hydrogen-bond donors (Lipinski definition) is 1. The van der Waals surface area contributed by atoms with Crippen LogP contribution in [0.4, 0.5) is 5.69 Å². The first kappa shape index (κ1) is 15.3. The molecule has 0 fully saturated rings. The van der Waals surface area contributed by atoms with Crippen molar-refractivity contribution in [2.24, 2.45) is 0 Å². The minimum absolute atomic E-state index is 0.0601. The van der Waals surface area contributed by atoms with E-state index in [-0.39, 0.29) is 21.8 Å². The van der Waals surface area contributed by atoms with E-state index in [1.54, 1.807) is 24.3 Å². The normalized spacial score (nSPS) is 10.0. The molecule has 7 heteroatoms. The molecule has 0 atom stereocenters. The van der Waals surface area contributed by atoms with Gasteiger partial charge in [0.05, 0.1) is 5.02 Å². The molecule has 21 heavy (non-hydrogen) atoms. The van der Waals surface area contributed by atoms with E-state index < -0.39 is 5.97 Å². The maximum Gasteiger partial charge on any atom is 0.363 e. The zero-order valence-electron chi connectivity index (χ0n) is 10.9. The summed E-state index contributed by atoms with van der Waals surface area (Å²) < 4.78 is 5.14. The topological polar surface area (TPSA) is 68.3 Å². The van der Waals surface area contributed by atoms with Gasteiger partial charge in [-0.25, -0.2) is 9.78 Å². The van der Waals surface area contributed by atoms with Gasteiger partial charge < -0.3 is 10.1 Å². The standard InChI is InChI=1S/C14H10Cl2N2O3/c1-8(19)17-9-2-4-10(5-3-9)21-14(20)13-11(15)6-7-12(16)18-13/h2-7H,1H3,(H,17,19). The third-order valence-electron chi connectivity index (χ3n) is 2.39. The largest absolute Gasteiger partial charge is 0.422 e. The number of carbonyl (C=O) groups excluding carboxylic acids is 2. The van der Waals surface area contributed by atoms with Gasteiger partial charge in [-0.3, -0.25) is 4.79 Å². The molecule has 0 spiro atoms. The monoisotopic (exact) mass is 324 g/mol. The van der Waals surface area contributed by atoms with Gasteiger partial charge in [-0.2, -0.15) is 0 Å². The number of rotatable bonds is 3. The molecule has 0 saturated heterocycles. The summed E-state index contributed by atoms with van der Waals surface area (Å²) in [6.07, 6.45) is 0. The Morgan fingerprint density at radius 3 is 2.38 bits per heavy atom. The van der Waals surface area contributed by atoms with Crippen molar-refractivity contribution in [3.63, 3.8) is 0 Å². The van der Waals surface area contributed by atoms with Crippen molar-refractivity contribution in [2.45, 2.75) is 6.92 Å². The number of ether oxygens (including phenoxy) is 1. The number of nitrogens with one attached hydrogen (secondary N) is 1. The fourth-order valence-corrected chi connectivity index (χ4v) is 1.86. The molecule has 2 aromatic rings. The molecule has 1 heterocycles. The maximum atomic E-state index is 12.0. The van der Waals surface area contributed by atoms with E-state index in [0.29, 0.717) is 11.4 Å². The van der Waals surface area contributed by atoms with E-state index >= 15 is 0 Å². The Bertz CT molecular complexity index is 687. The van der Waals surface area contributed by atoms with Crippen LogP contribution in [0.2, 0.25) is 10.2 Å². The predicted molar refractivity (Wildman–Crippen MR) is 80.0 cm³/mol. The Balaban J connectivity index is 2.12. The lowest BCUT2D eigenvalue weighted by atomic mass is 10.3. The Morgan fingerprint density at radius 2 is 1.76 bits per heavy atom. The first-order valence-electron chi connectivity index (χ1n) is 5.87. The third-order valence-corrected chi connectivity index (χ3v) is 2.91. The molecule has 0 aliphatic carbocycles. The second-order valence-corrected chi connectivity index (χ2v) is 4.85. The number of hydrogen-bond acceptors (Lipinski definition) is 4.